The summed E-state index contributed by atoms with van der Waals surface area (Å²) in [5.41, 5.74) is 4.13. The first-order valence-corrected chi connectivity index (χ1v) is 9.00. The highest BCUT2D eigenvalue weighted by molar-refractivity contribution is 6.33. The zero-order valence-electron chi connectivity index (χ0n) is 15.5. The van der Waals surface area contributed by atoms with E-state index in [1.54, 1.807) is 30.5 Å². The number of amides is 1. The van der Waals surface area contributed by atoms with Gasteiger partial charge in [-0.05, 0) is 43.2 Å². The van der Waals surface area contributed by atoms with Crippen LogP contribution in [0.25, 0.3) is 16.6 Å². The number of carbonyl (C=O) groups excluding carboxylic acids is 1. The van der Waals surface area contributed by atoms with Crippen LogP contribution in [0.1, 0.15) is 25.0 Å². The molecule has 1 amide bonds. The molecule has 27 heavy (non-hydrogen) atoms. The molecule has 5 nitrogen and oxygen atoms in total. The number of H-pyrrole nitrogens is 1. The van der Waals surface area contributed by atoms with Crippen molar-refractivity contribution in [1.82, 2.24) is 19.9 Å². The fraction of sp³-hybridized carbons (Fsp3) is 0.190. The third kappa shape index (κ3) is 4.09. The van der Waals surface area contributed by atoms with Gasteiger partial charge >= 0.3 is 0 Å². The molecule has 0 bridgehead atoms. The van der Waals surface area contributed by atoms with Gasteiger partial charge in [-0.1, -0.05) is 23.7 Å². The number of likely N-dealkylation sites (N-methyl/N-ethyl adjacent to an activating group) is 1. The number of aromatic nitrogens is 3. The molecular formula is C21H21ClN4O. The number of fused-ring (bicyclic) bond motifs is 1. The predicted molar refractivity (Wildman–Crippen MR) is 109 cm³/mol. The molecule has 0 aromatic carbocycles. The second-order valence-corrected chi connectivity index (χ2v) is 6.72. The van der Waals surface area contributed by atoms with Crippen LogP contribution >= 0.6 is 11.6 Å². The Labute approximate surface area is 163 Å². The van der Waals surface area contributed by atoms with Gasteiger partial charge in [0.1, 0.15) is 5.65 Å². The van der Waals surface area contributed by atoms with Crippen molar-refractivity contribution in [1.29, 1.82) is 0 Å². The minimum absolute atomic E-state index is 0.0475. The second-order valence-electron chi connectivity index (χ2n) is 6.31. The summed E-state index contributed by atoms with van der Waals surface area (Å²) in [5, 5.41) is 1.48. The van der Waals surface area contributed by atoms with Gasteiger partial charge in [0, 0.05) is 54.9 Å². The standard InChI is InChI=1S/C21H21ClN4O/c1-4-16(19-17-7-9-24-20(17)25-12-18(19)22)10-14(2)21(27)26(3)13-15-6-5-8-23-11-15/h4-12H,13H2,1-3H3,(H,24,25)/b14-10+,16-4+. The molecule has 0 saturated heterocycles. The molecular weight excluding hydrogens is 360 g/mol. The zero-order chi connectivity index (χ0) is 19.4. The van der Waals surface area contributed by atoms with Crippen molar-refractivity contribution in [3.8, 4) is 0 Å². The number of pyridine rings is 2. The summed E-state index contributed by atoms with van der Waals surface area (Å²) < 4.78 is 0. The van der Waals surface area contributed by atoms with Crippen molar-refractivity contribution in [2.75, 3.05) is 7.05 Å². The number of rotatable bonds is 5. The Morgan fingerprint density at radius 3 is 2.85 bits per heavy atom. The van der Waals surface area contributed by atoms with Gasteiger partial charge in [-0.15, -0.1) is 0 Å². The van der Waals surface area contributed by atoms with E-state index in [9.17, 15) is 4.79 Å². The minimum Gasteiger partial charge on any atom is -0.346 e. The molecule has 0 radical (unpaired) electrons. The molecule has 138 valence electrons. The maximum atomic E-state index is 12.8. The molecule has 0 fully saturated rings. The van der Waals surface area contributed by atoms with Gasteiger partial charge in [0.05, 0.1) is 5.02 Å². The molecule has 3 aromatic heterocycles. The van der Waals surface area contributed by atoms with Gasteiger partial charge < -0.3 is 9.88 Å². The number of halogens is 1. The van der Waals surface area contributed by atoms with Gasteiger partial charge in [0.15, 0.2) is 0 Å². The first-order chi connectivity index (χ1) is 13.0. The summed E-state index contributed by atoms with van der Waals surface area (Å²) in [6.07, 6.45) is 10.8. The Kier molecular flexibility index (Phi) is 5.72. The first-order valence-electron chi connectivity index (χ1n) is 8.62. The first kappa shape index (κ1) is 18.9. The van der Waals surface area contributed by atoms with Crippen LogP contribution < -0.4 is 0 Å². The Bertz CT molecular complexity index is 1020. The van der Waals surface area contributed by atoms with Crippen molar-refractivity contribution < 1.29 is 4.79 Å². The van der Waals surface area contributed by atoms with Crippen molar-refractivity contribution in [3.63, 3.8) is 0 Å². The maximum absolute atomic E-state index is 12.8. The third-order valence-electron chi connectivity index (χ3n) is 4.34. The predicted octanol–water partition coefficient (Wildman–Crippen LogP) is 4.62. The fourth-order valence-electron chi connectivity index (χ4n) is 3.01. The van der Waals surface area contributed by atoms with E-state index < -0.39 is 0 Å². The number of aromatic amines is 1. The number of allylic oxidation sites excluding steroid dienone is 3. The smallest absolute Gasteiger partial charge is 0.249 e. The van der Waals surface area contributed by atoms with E-state index in [1.807, 2.05) is 50.4 Å². The normalized spacial score (nSPS) is 12.4. The molecule has 0 aliphatic heterocycles. The van der Waals surface area contributed by atoms with E-state index in [1.165, 1.54) is 0 Å². The summed E-state index contributed by atoms with van der Waals surface area (Å²) in [5.74, 6) is -0.0475. The van der Waals surface area contributed by atoms with Crippen molar-refractivity contribution in [3.05, 3.63) is 76.9 Å². The maximum Gasteiger partial charge on any atom is 0.249 e. The number of hydrogen-bond donors (Lipinski definition) is 1. The van der Waals surface area contributed by atoms with E-state index in [4.69, 9.17) is 11.6 Å². The third-order valence-corrected chi connectivity index (χ3v) is 4.63. The molecule has 0 atom stereocenters. The molecule has 0 aliphatic carbocycles. The SMILES string of the molecule is C/C=C(\C=C(/C)C(=O)N(C)Cc1cccnc1)c1c(Cl)cnc2[nH]ccc12. The molecule has 3 aromatic rings. The summed E-state index contributed by atoms with van der Waals surface area (Å²) in [4.78, 5) is 25.9. The number of nitrogens with one attached hydrogen (secondary N) is 1. The topological polar surface area (TPSA) is 61.9 Å². The fourth-order valence-corrected chi connectivity index (χ4v) is 3.27. The zero-order valence-corrected chi connectivity index (χ0v) is 16.3. The number of carbonyl (C=O) groups is 1. The van der Waals surface area contributed by atoms with E-state index in [2.05, 4.69) is 15.0 Å². The summed E-state index contributed by atoms with van der Waals surface area (Å²) in [6.45, 7) is 4.24. The molecule has 0 unspecified atom stereocenters. The monoisotopic (exact) mass is 380 g/mol. The molecule has 0 aliphatic rings. The van der Waals surface area contributed by atoms with Crippen LogP contribution in [0.5, 0.6) is 0 Å². The Morgan fingerprint density at radius 2 is 2.15 bits per heavy atom. The van der Waals surface area contributed by atoms with Crippen LogP contribution in [0.3, 0.4) is 0 Å². The van der Waals surface area contributed by atoms with Crippen LogP contribution in [-0.2, 0) is 11.3 Å². The van der Waals surface area contributed by atoms with Gasteiger partial charge in [-0.25, -0.2) is 4.98 Å². The molecule has 0 spiro atoms. The summed E-state index contributed by atoms with van der Waals surface area (Å²) >= 11 is 6.42. The van der Waals surface area contributed by atoms with E-state index in [-0.39, 0.29) is 5.91 Å². The average Bonchev–Trinajstić information content (AvgIpc) is 3.15. The van der Waals surface area contributed by atoms with Crippen LogP contribution in [0.15, 0.2) is 60.7 Å². The van der Waals surface area contributed by atoms with Gasteiger partial charge in [-0.2, -0.15) is 0 Å². The highest BCUT2D eigenvalue weighted by Gasteiger charge is 2.15. The average molecular weight is 381 g/mol. The van der Waals surface area contributed by atoms with Gasteiger partial charge in [0.25, 0.3) is 0 Å². The van der Waals surface area contributed by atoms with Gasteiger partial charge in [0.2, 0.25) is 5.91 Å². The van der Waals surface area contributed by atoms with Crippen molar-refractivity contribution in [2.45, 2.75) is 20.4 Å². The summed E-state index contributed by atoms with van der Waals surface area (Å²) in [7, 11) is 1.78. The lowest BCUT2D eigenvalue weighted by atomic mass is 10.0. The van der Waals surface area contributed by atoms with Crippen LogP contribution in [0, 0.1) is 0 Å². The Balaban J connectivity index is 1.88. The lowest BCUT2D eigenvalue weighted by molar-refractivity contribution is -0.126. The van der Waals surface area contributed by atoms with Gasteiger partial charge in [-0.3, -0.25) is 9.78 Å². The molecule has 3 heterocycles. The second kappa shape index (κ2) is 8.18. The molecule has 1 N–H and O–H groups in total. The van der Waals surface area contributed by atoms with Crippen molar-refractivity contribution in [2.24, 2.45) is 0 Å². The largest absolute Gasteiger partial charge is 0.346 e. The van der Waals surface area contributed by atoms with E-state index >= 15 is 0 Å². The van der Waals surface area contributed by atoms with Crippen LogP contribution in [0.2, 0.25) is 5.02 Å². The minimum atomic E-state index is -0.0475. The van der Waals surface area contributed by atoms with Crippen LogP contribution in [0.4, 0.5) is 0 Å². The van der Waals surface area contributed by atoms with E-state index in [0.717, 1.165) is 27.7 Å². The number of hydrogen-bond acceptors (Lipinski definition) is 3. The Hall–Kier alpha value is -2.92. The van der Waals surface area contributed by atoms with Crippen molar-refractivity contribution >= 4 is 34.1 Å². The molecule has 6 heteroatoms. The number of nitrogens with zero attached hydrogens (tertiary/aromatic N) is 3. The molecule has 3 rings (SSSR count). The van der Waals surface area contributed by atoms with Crippen LogP contribution in [-0.4, -0.2) is 32.8 Å². The highest BCUT2D eigenvalue weighted by Crippen LogP contribution is 2.31. The lowest BCUT2D eigenvalue weighted by Gasteiger charge is -2.18. The lowest BCUT2D eigenvalue weighted by Crippen LogP contribution is -2.26. The Morgan fingerprint density at radius 1 is 1.33 bits per heavy atom. The quantitative estimate of drug-likeness (QED) is 0.519. The summed E-state index contributed by atoms with van der Waals surface area (Å²) in [6, 6.07) is 5.75. The molecule has 0 saturated carbocycles. The van der Waals surface area contributed by atoms with E-state index in [0.29, 0.717) is 17.1 Å². The highest BCUT2D eigenvalue weighted by atomic mass is 35.5.